The number of esters is 2. The highest BCUT2D eigenvalue weighted by atomic mass is 31.2. The topological polar surface area (TPSA) is 108 Å². The molecule has 1 N–H and O–H groups in total. The first-order valence-corrected chi connectivity index (χ1v) is 26.8. The van der Waals surface area contributed by atoms with Gasteiger partial charge in [0.25, 0.3) is 0 Å². The lowest BCUT2D eigenvalue weighted by atomic mass is 10.1. The zero-order chi connectivity index (χ0) is 48.5. The minimum Gasteiger partial charge on any atom is -0.462 e. The van der Waals surface area contributed by atoms with Gasteiger partial charge in [0.15, 0.2) is 6.10 Å². The number of allylic oxidation sites excluding steroid dienone is 20. The zero-order valence-electron chi connectivity index (χ0n) is 42.1. The summed E-state index contributed by atoms with van der Waals surface area (Å²) in [6.45, 7) is 4.20. The van der Waals surface area contributed by atoms with Gasteiger partial charge in [-0.1, -0.05) is 187 Å². The van der Waals surface area contributed by atoms with Gasteiger partial charge in [0, 0.05) is 12.8 Å². The van der Waals surface area contributed by atoms with Crippen LogP contribution in [-0.2, 0) is 32.7 Å². The van der Waals surface area contributed by atoms with Gasteiger partial charge >= 0.3 is 19.8 Å². The molecule has 0 bridgehead atoms. The molecule has 9 nitrogen and oxygen atoms in total. The molecule has 0 aliphatic heterocycles. The summed E-state index contributed by atoms with van der Waals surface area (Å²) in [7, 11) is 1.44. The molecule has 0 amide bonds. The van der Waals surface area contributed by atoms with Crippen LogP contribution < -0.4 is 0 Å². The summed E-state index contributed by atoms with van der Waals surface area (Å²) in [6.07, 6.45) is 65.8. The lowest BCUT2D eigenvalue weighted by Crippen LogP contribution is -2.37. The van der Waals surface area contributed by atoms with Crippen molar-refractivity contribution >= 4 is 19.8 Å². The average Bonchev–Trinajstić information content (AvgIpc) is 3.27. The molecule has 0 aliphatic carbocycles. The van der Waals surface area contributed by atoms with E-state index in [1.165, 1.54) is 19.3 Å². The van der Waals surface area contributed by atoms with E-state index in [4.69, 9.17) is 18.5 Å². The number of carbonyl (C=O) groups excluding carboxylic acids is 2. The van der Waals surface area contributed by atoms with E-state index in [-0.39, 0.29) is 32.0 Å². The number of phosphoric acid groups is 1. The van der Waals surface area contributed by atoms with Crippen LogP contribution in [0.3, 0.4) is 0 Å². The molecule has 10 heteroatoms. The summed E-state index contributed by atoms with van der Waals surface area (Å²) < 4.78 is 34.2. The van der Waals surface area contributed by atoms with E-state index >= 15 is 0 Å². The van der Waals surface area contributed by atoms with Crippen molar-refractivity contribution in [3.8, 4) is 0 Å². The van der Waals surface area contributed by atoms with Gasteiger partial charge in [0.2, 0.25) is 0 Å². The van der Waals surface area contributed by atoms with E-state index in [0.29, 0.717) is 17.4 Å². The maximum atomic E-state index is 12.7. The second kappa shape index (κ2) is 46.5. The normalized spacial score (nSPS) is 14.5. The summed E-state index contributed by atoms with van der Waals surface area (Å²) in [5.41, 5.74) is 0. The van der Waals surface area contributed by atoms with Crippen LogP contribution in [0.25, 0.3) is 0 Å². The minimum atomic E-state index is -4.39. The van der Waals surface area contributed by atoms with Crippen molar-refractivity contribution in [2.24, 2.45) is 0 Å². The standard InChI is InChI=1S/C56H92NO8P/c1-6-8-10-12-14-15-16-17-18-19-20-21-22-23-24-25-26-27-28-29-30-31-32-33-34-35-36-37-38-39-40-41-43-45-47-49-56(59)65-54(53-64-66(60,61)63-51-50-57(3,4)5)52-62-55(58)48-46-44-42-13-11-9-7-2/h8,10,14-15,17-18,20-21,23-24,26-27,29-30,32-33,35-36,38-39,54H,6-7,9,11-13,16,19,22,25,28,31,34,37,40-53H2,1-5H3/p+1/b10-8-,15-14-,18-17-,21-20-,24-23-,27-26-,30-29-,33-32-,36-35-,39-38-. The Labute approximate surface area is 403 Å². The fraction of sp³-hybridized carbons (Fsp3) is 0.607. The Morgan fingerprint density at radius 1 is 0.485 bits per heavy atom. The molecule has 374 valence electrons. The van der Waals surface area contributed by atoms with Crippen LogP contribution in [-0.4, -0.2) is 74.9 Å². The van der Waals surface area contributed by atoms with Crippen LogP contribution in [0.15, 0.2) is 122 Å². The van der Waals surface area contributed by atoms with E-state index in [1.807, 2.05) is 21.1 Å². The molecule has 0 radical (unpaired) electrons. The Hall–Kier alpha value is -3.59. The predicted octanol–water partition coefficient (Wildman–Crippen LogP) is 15.2. The number of hydrogen-bond acceptors (Lipinski definition) is 7. The lowest BCUT2D eigenvalue weighted by Gasteiger charge is -2.24. The molecule has 0 heterocycles. The third-order valence-corrected chi connectivity index (χ3v) is 11.0. The third-order valence-electron chi connectivity index (χ3n) is 10.0. The number of likely N-dealkylation sites (N-methyl/N-ethyl adjacent to an activating group) is 1. The van der Waals surface area contributed by atoms with Crippen molar-refractivity contribution in [3.63, 3.8) is 0 Å². The highest BCUT2D eigenvalue weighted by Crippen LogP contribution is 2.43. The summed E-state index contributed by atoms with van der Waals surface area (Å²) in [4.78, 5) is 35.2. The Balaban J connectivity index is 4.17. The Morgan fingerprint density at radius 3 is 1.29 bits per heavy atom. The second-order valence-electron chi connectivity index (χ2n) is 17.5. The van der Waals surface area contributed by atoms with Crippen LogP contribution in [0, 0.1) is 0 Å². The number of phosphoric ester groups is 1. The van der Waals surface area contributed by atoms with Gasteiger partial charge in [-0.25, -0.2) is 4.57 Å². The first kappa shape index (κ1) is 62.4. The van der Waals surface area contributed by atoms with Crippen LogP contribution in [0.2, 0.25) is 0 Å². The monoisotopic (exact) mass is 939 g/mol. The van der Waals surface area contributed by atoms with Crippen LogP contribution in [0.5, 0.6) is 0 Å². The van der Waals surface area contributed by atoms with E-state index in [0.717, 1.165) is 116 Å². The molecule has 0 aliphatic rings. The molecule has 0 fully saturated rings. The third kappa shape index (κ3) is 49.8. The molecule has 0 rings (SSSR count). The molecule has 2 unspecified atom stereocenters. The molecule has 0 aromatic carbocycles. The first-order valence-electron chi connectivity index (χ1n) is 25.3. The van der Waals surface area contributed by atoms with Crippen molar-refractivity contribution in [3.05, 3.63) is 122 Å². The van der Waals surface area contributed by atoms with E-state index in [1.54, 1.807) is 0 Å². The quantitative estimate of drug-likeness (QED) is 0.0212. The van der Waals surface area contributed by atoms with Gasteiger partial charge in [-0.2, -0.15) is 0 Å². The largest absolute Gasteiger partial charge is 0.472 e. The lowest BCUT2D eigenvalue weighted by molar-refractivity contribution is -0.870. The summed E-state index contributed by atoms with van der Waals surface area (Å²) in [5.74, 6) is -0.846. The number of ether oxygens (including phenoxy) is 2. The van der Waals surface area contributed by atoms with Crippen molar-refractivity contribution in [2.45, 2.75) is 174 Å². The fourth-order valence-corrected chi connectivity index (χ4v) is 6.84. The number of carbonyl (C=O) groups is 2. The van der Waals surface area contributed by atoms with Gasteiger partial charge in [-0.3, -0.25) is 18.6 Å². The maximum Gasteiger partial charge on any atom is 0.472 e. The second-order valence-corrected chi connectivity index (χ2v) is 18.9. The number of hydrogen-bond donors (Lipinski definition) is 1. The SMILES string of the molecule is CC/C=C\C/C=C\C/C=C\C/C=C\C/C=C\C/C=C\C/C=C\C/C=C\C/C=C\C/C=C\CCCCCCC(=O)OC(COC(=O)CCCCCCCCC)COP(=O)(O)OCC[N+](C)(C)C. The molecule has 2 atom stereocenters. The number of rotatable bonds is 44. The van der Waals surface area contributed by atoms with Crippen LogP contribution in [0.1, 0.15) is 168 Å². The maximum absolute atomic E-state index is 12.7. The van der Waals surface area contributed by atoms with Gasteiger partial charge < -0.3 is 18.9 Å². The Morgan fingerprint density at radius 2 is 0.864 bits per heavy atom. The summed E-state index contributed by atoms with van der Waals surface area (Å²) in [6, 6.07) is 0. The van der Waals surface area contributed by atoms with E-state index in [9.17, 15) is 19.0 Å². The van der Waals surface area contributed by atoms with Crippen molar-refractivity contribution < 1.29 is 42.1 Å². The number of quaternary nitrogens is 1. The zero-order valence-corrected chi connectivity index (χ0v) is 43.0. The van der Waals surface area contributed by atoms with E-state index < -0.39 is 26.5 Å². The highest BCUT2D eigenvalue weighted by molar-refractivity contribution is 7.47. The van der Waals surface area contributed by atoms with Crippen molar-refractivity contribution in [1.82, 2.24) is 0 Å². The molecule has 0 saturated heterocycles. The van der Waals surface area contributed by atoms with Gasteiger partial charge in [-0.15, -0.1) is 0 Å². The van der Waals surface area contributed by atoms with Crippen LogP contribution in [0.4, 0.5) is 0 Å². The van der Waals surface area contributed by atoms with E-state index in [2.05, 4.69) is 135 Å². The Bertz CT molecular complexity index is 1530. The minimum absolute atomic E-state index is 0.0204. The summed E-state index contributed by atoms with van der Waals surface area (Å²) >= 11 is 0. The Kier molecular flexibility index (Phi) is 44.0. The average molecular weight is 939 g/mol. The van der Waals surface area contributed by atoms with Gasteiger partial charge in [-0.05, 0) is 89.9 Å². The first-order chi connectivity index (χ1) is 32.0. The smallest absolute Gasteiger partial charge is 0.462 e. The molecule has 66 heavy (non-hydrogen) atoms. The van der Waals surface area contributed by atoms with Crippen LogP contribution >= 0.6 is 7.82 Å². The number of nitrogens with zero attached hydrogens (tertiary/aromatic N) is 1. The fourth-order valence-electron chi connectivity index (χ4n) is 6.10. The van der Waals surface area contributed by atoms with Gasteiger partial charge in [0.05, 0.1) is 27.7 Å². The molecule has 0 spiro atoms. The molecule has 0 aromatic rings. The summed E-state index contributed by atoms with van der Waals surface area (Å²) in [5, 5.41) is 0. The number of unbranched alkanes of at least 4 members (excludes halogenated alkanes) is 10. The highest BCUT2D eigenvalue weighted by Gasteiger charge is 2.27. The molecular weight excluding hydrogens is 846 g/mol. The van der Waals surface area contributed by atoms with Crippen molar-refractivity contribution in [2.75, 3.05) is 47.5 Å². The molecule has 0 aromatic heterocycles. The predicted molar refractivity (Wildman–Crippen MR) is 279 cm³/mol. The van der Waals surface area contributed by atoms with Crippen molar-refractivity contribution in [1.29, 1.82) is 0 Å². The molecular formula is C56H93NO8P+. The molecule has 0 saturated carbocycles. The van der Waals surface area contributed by atoms with Gasteiger partial charge in [0.1, 0.15) is 19.8 Å².